The molecule has 1 aliphatic carbocycles. The fourth-order valence-electron chi connectivity index (χ4n) is 3.21. The maximum absolute atomic E-state index is 12.6. The second-order valence-corrected chi connectivity index (χ2v) is 7.68. The van der Waals surface area contributed by atoms with Gasteiger partial charge in [-0.1, -0.05) is 18.2 Å². The maximum Gasteiger partial charge on any atom is 0.128 e. The molecule has 23 heavy (non-hydrogen) atoms. The molecule has 0 aliphatic heterocycles. The first-order chi connectivity index (χ1) is 11.4. The Morgan fingerprint density at radius 2 is 2.00 bits per heavy atom. The SMILES string of the molecule is FCCSc1ncnc2scc(-c3ccc4c(c3)CCCC4)c12. The van der Waals surface area contributed by atoms with Crippen molar-refractivity contribution in [1.29, 1.82) is 0 Å². The molecule has 0 radical (unpaired) electrons. The van der Waals surface area contributed by atoms with Gasteiger partial charge in [0, 0.05) is 16.7 Å². The van der Waals surface area contributed by atoms with E-state index >= 15 is 0 Å². The monoisotopic (exact) mass is 344 g/mol. The van der Waals surface area contributed by atoms with Gasteiger partial charge in [-0.05, 0) is 42.4 Å². The number of hydrogen-bond acceptors (Lipinski definition) is 4. The minimum absolute atomic E-state index is 0.339. The highest BCUT2D eigenvalue weighted by Crippen LogP contribution is 2.39. The number of aryl methyl sites for hydroxylation is 2. The third kappa shape index (κ3) is 2.88. The molecule has 2 aromatic heterocycles. The third-order valence-electron chi connectivity index (χ3n) is 4.31. The number of benzene rings is 1. The molecule has 0 unspecified atom stereocenters. The van der Waals surface area contributed by atoms with Crippen LogP contribution in [0.4, 0.5) is 4.39 Å². The molecular formula is C18H17FN2S2. The highest BCUT2D eigenvalue weighted by Gasteiger charge is 2.16. The van der Waals surface area contributed by atoms with Crippen molar-refractivity contribution in [3.05, 3.63) is 41.0 Å². The van der Waals surface area contributed by atoms with Crippen molar-refractivity contribution in [2.75, 3.05) is 12.4 Å². The summed E-state index contributed by atoms with van der Waals surface area (Å²) in [5.74, 6) is 0.436. The summed E-state index contributed by atoms with van der Waals surface area (Å²) >= 11 is 3.11. The van der Waals surface area contributed by atoms with Gasteiger partial charge in [0.15, 0.2) is 0 Å². The van der Waals surface area contributed by atoms with Crippen molar-refractivity contribution in [2.24, 2.45) is 0 Å². The summed E-state index contributed by atoms with van der Waals surface area (Å²) in [6.07, 6.45) is 6.52. The van der Waals surface area contributed by atoms with Crippen molar-refractivity contribution in [3.63, 3.8) is 0 Å². The molecule has 0 fully saturated rings. The Balaban J connectivity index is 1.82. The van der Waals surface area contributed by atoms with E-state index in [0.717, 1.165) is 15.2 Å². The summed E-state index contributed by atoms with van der Waals surface area (Å²) < 4.78 is 12.6. The zero-order valence-corrected chi connectivity index (χ0v) is 14.4. The fourth-order valence-corrected chi connectivity index (χ4v) is 4.93. The molecule has 1 aliphatic rings. The quantitative estimate of drug-likeness (QED) is 0.474. The van der Waals surface area contributed by atoms with Gasteiger partial charge in [0.1, 0.15) is 16.2 Å². The fraction of sp³-hybridized carbons (Fsp3) is 0.333. The van der Waals surface area contributed by atoms with Crippen LogP contribution in [0.5, 0.6) is 0 Å². The molecule has 1 aromatic carbocycles. The van der Waals surface area contributed by atoms with Gasteiger partial charge in [0.2, 0.25) is 0 Å². The molecule has 0 saturated carbocycles. The molecule has 118 valence electrons. The van der Waals surface area contributed by atoms with E-state index in [9.17, 15) is 4.39 Å². The first kappa shape index (κ1) is 15.1. The summed E-state index contributed by atoms with van der Waals surface area (Å²) in [6, 6.07) is 6.81. The summed E-state index contributed by atoms with van der Waals surface area (Å²) in [6.45, 7) is -0.339. The molecule has 0 amide bonds. The van der Waals surface area contributed by atoms with Gasteiger partial charge >= 0.3 is 0 Å². The summed E-state index contributed by atoms with van der Waals surface area (Å²) in [7, 11) is 0. The highest BCUT2D eigenvalue weighted by atomic mass is 32.2. The van der Waals surface area contributed by atoms with E-state index in [1.807, 2.05) is 0 Å². The average Bonchev–Trinajstić information content (AvgIpc) is 3.04. The number of fused-ring (bicyclic) bond motifs is 2. The predicted molar refractivity (Wildman–Crippen MR) is 96.2 cm³/mol. The lowest BCUT2D eigenvalue weighted by molar-refractivity contribution is 0.532. The van der Waals surface area contributed by atoms with Crippen LogP contribution in [0, 0.1) is 0 Å². The topological polar surface area (TPSA) is 25.8 Å². The van der Waals surface area contributed by atoms with Crippen molar-refractivity contribution >= 4 is 33.3 Å². The van der Waals surface area contributed by atoms with Crippen LogP contribution in [0.1, 0.15) is 24.0 Å². The minimum Gasteiger partial charge on any atom is -0.250 e. The van der Waals surface area contributed by atoms with Gasteiger partial charge in [-0.3, -0.25) is 4.39 Å². The Labute approximate surface area is 143 Å². The van der Waals surface area contributed by atoms with Crippen LogP contribution >= 0.6 is 23.1 Å². The Kier molecular flexibility index (Phi) is 4.31. The highest BCUT2D eigenvalue weighted by molar-refractivity contribution is 7.99. The van der Waals surface area contributed by atoms with E-state index in [-0.39, 0.29) is 6.67 Å². The van der Waals surface area contributed by atoms with Gasteiger partial charge in [0.25, 0.3) is 0 Å². The zero-order chi connectivity index (χ0) is 15.6. The van der Waals surface area contributed by atoms with E-state index in [1.165, 1.54) is 59.7 Å². The Morgan fingerprint density at radius 1 is 1.13 bits per heavy atom. The molecule has 0 bridgehead atoms. The minimum atomic E-state index is -0.339. The lowest BCUT2D eigenvalue weighted by atomic mass is 9.89. The van der Waals surface area contributed by atoms with Crippen LogP contribution in [0.15, 0.2) is 34.9 Å². The number of thiophene rings is 1. The number of thioether (sulfide) groups is 1. The molecule has 2 nitrogen and oxygen atoms in total. The lowest BCUT2D eigenvalue weighted by Crippen LogP contribution is -2.02. The molecule has 0 N–H and O–H groups in total. The van der Waals surface area contributed by atoms with E-state index in [1.54, 1.807) is 17.7 Å². The molecule has 3 aromatic rings. The summed E-state index contributed by atoms with van der Waals surface area (Å²) in [5, 5.41) is 4.12. The molecule has 0 saturated heterocycles. The Morgan fingerprint density at radius 3 is 2.87 bits per heavy atom. The van der Waals surface area contributed by atoms with Crippen LogP contribution in [-0.2, 0) is 12.8 Å². The number of rotatable bonds is 4. The smallest absolute Gasteiger partial charge is 0.128 e. The van der Waals surface area contributed by atoms with Gasteiger partial charge in [0.05, 0.1) is 12.1 Å². The lowest BCUT2D eigenvalue weighted by Gasteiger charge is -2.16. The predicted octanol–water partition coefficient (Wildman–Crippen LogP) is 5.30. The van der Waals surface area contributed by atoms with Crippen LogP contribution in [0.25, 0.3) is 21.3 Å². The standard InChI is InChI=1S/C18H17FN2S2/c19-7-8-22-17-16-15(10-23-18(16)21-11-20-17)14-6-5-12-3-1-2-4-13(12)9-14/h5-6,9-11H,1-4,7-8H2. The second kappa shape index (κ2) is 6.57. The van der Waals surface area contributed by atoms with Crippen molar-refractivity contribution in [3.8, 4) is 11.1 Å². The van der Waals surface area contributed by atoms with E-state index < -0.39 is 0 Å². The number of aromatic nitrogens is 2. The average molecular weight is 344 g/mol. The normalized spacial score (nSPS) is 14.1. The number of halogens is 1. The summed E-state index contributed by atoms with van der Waals surface area (Å²) in [5.41, 5.74) is 5.37. The van der Waals surface area contributed by atoms with Gasteiger partial charge in [-0.25, -0.2) is 9.97 Å². The van der Waals surface area contributed by atoms with Crippen molar-refractivity contribution in [1.82, 2.24) is 9.97 Å². The first-order valence-electron chi connectivity index (χ1n) is 7.90. The van der Waals surface area contributed by atoms with Crippen LogP contribution < -0.4 is 0 Å². The van der Waals surface area contributed by atoms with Crippen LogP contribution in [0.2, 0.25) is 0 Å². The maximum atomic E-state index is 12.6. The number of nitrogens with zero attached hydrogens (tertiary/aromatic N) is 2. The molecule has 4 rings (SSSR count). The van der Waals surface area contributed by atoms with E-state index in [2.05, 4.69) is 33.5 Å². The Bertz CT molecular complexity index is 844. The van der Waals surface area contributed by atoms with Gasteiger partial charge in [-0.15, -0.1) is 23.1 Å². The van der Waals surface area contributed by atoms with Crippen LogP contribution in [-0.4, -0.2) is 22.4 Å². The van der Waals surface area contributed by atoms with Crippen LogP contribution in [0.3, 0.4) is 0 Å². The van der Waals surface area contributed by atoms with Gasteiger partial charge in [-0.2, -0.15) is 0 Å². The molecule has 2 heterocycles. The number of hydrogen-bond donors (Lipinski definition) is 0. The van der Waals surface area contributed by atoms with E-state index in [4.69, 9.17) is 0 Å². The first-order valence-corrected chi connectivity index (χ1v) is 9.76. The molecule has 0 atom stereocenters. The molecule has 0 spiro atoms. The van der Waals surface area contributed by atoms with Crippen molar-refractivity contribution < 1.29 is 4.39 Å². The third-order valence-corrected chi connectivity index (χ3v) is 6.14. The summed E-state index contributed by atoms with van der Waals surface area (Å²) in [4.78, 5) is 9.75. The molecule has 5 heteroatoms. The second-order valence-electron chi connectivity index (χ2n) is 5.74. The number of alkyl halides is 1. The van der Waals surface area contributed by atoms with E-state index in [0.29, 0.717) is 5.75 Å². The van der Waals surface area contributed by atoms with Crippen molar-refractivity contribution in [2.45, 2.75) is 30.7 Å². The zero-order valence-electron chi connectivity index (χ0n) is 12.7. The molecular weight excluding hydrogens is 327 g/mol. The van der Waals surface area contributed by atoms with Gasteiger partial charge < -0.3 is 0 Å². The Hall–Kier alpha value is -1.46. The largest absolute Gasteiger partial charge is 0.250 e.